The third kappa shape index (κ3) is 4.26. The minimum atomic E-state index is -3.88. The Kier molecular flexibility index (Phi) is 5.31. The number of benzene rings is 1. The van der Waals surface area contributed by atoms with E-state index in [0.717, 1.165) is 24.2 Å². The van der Waals surface area contributed by atoms with E-state index in [1.54, 1.807) is 6.07 Å². The lowest BCUT2D eigenvalue weighted by Gasteiger charge is -2.14. The highest BCUT2D eigenvalue weighted by molar-refractivity contribution is 7.89. The molecule has 1 saturated carbocycles. The Morgan fingerprint density at radius 2 is 1.93 bits per heavy atom. The van der Waals surface area contributed by atoms with Crippen LogP contribution in [0.25, 0.3) is 0 Å². The van der Waals surface area contributed by atoms with Crippen molar-refractivity contribution in [2.45, 2.75) is 50.7 Å². The van der Waals surface area contributed by atoms with E-state index in [1.165, 1.54) is 31.2 Å². The molecule has 0 saturated heterocycles. The van der Waals surface area contributed by atoms with Crippen molar-refractivity contribution in [1.82, 2.24) is 4.57 Å². The quantitative estimate of drug-likeness (QED) is 0.714. The van der Waals surface area contributed by atoms with Gasteiger partial charge in [-0.25, -0.2) is 18.4 Å². The second-order valence-corrected chi connectivity index (χ2v) is 8.56. The molecule has 9 heteroatoms. The number of esters is 1. The standard InChI is InChI=1S/C19H23N3O5S/c1-11-9-17(12(2)22(11)15-7-8-15)19(24)27-13(3)18(23)21-14-5-4-6-16(10-14)28(20,25)26/h4-6,9-10,13,15H,7-8H2,1-3H3,(H,21,23)(H2,20,25,26)/t13-/m0/s1. The van der Waals surface area contributed by atoms with Crippen LogP contribution in [0.1, 0.15) is 47.6 Å². The van der Waals surface area contributed by atoms with Gasteiger partial charge in [0.05, 0.1) is 10.5 Å². The van der Waals surface area contributed by atoms with Crippen LogP contribution in [0.5, 0.6) is 0 Å². The zero-order valence-electron chi connectivity index (χ0n) is 15.9. The number of aromatic nitrogens is 1. The maximum atomic E-state index is 12.5. The number of carbonyl (C=O) groups is 2. The van der Waals surface area contributed by atoms with Gasteiger partial charge in [0, 0.05) is 23.1 Å². The van der Waals surface area contributed by atoms with Crippen molar-refractivity contribution in [3.05, 3.63) is 47.3 Å². The van der Waals surface area contributed by atoms with Crippen molar-refractivity contribution in [3.63, 3.8) is 0 Å². The molecule has 0 spiro atoms. The van der Waals surface area contributed by atoms with Crippen molar-refractivity contribution in [3.8, 4) is 0 Å². The molecule has 0 bridgehead atoms. The van der Waals surface area contributed by atoms with Gasteiger partial charge < -0.3 is 14.6 Å². The molecule has 1 heterocycles. The van der Waals surface area contributed by atoms with Gasteiger partial charge in [0.1, 0.15) is 0 Å². The summed E-state index contributed by atoms with van der Waals surface area (Å²) < 4.78 is 30.3. The highest BCUT2D eigenvalue weighted by Crippen LogP contribution is 2.38. The molecule has 150 valence electrons. The number of aryl methyl sites for hydroxylation is 1. The first kappa shape index (κ1) is 20.1. The molecule has 28 heavy (non-hydrogen) atoms. The number of sulfonamides is 1. The predicted octanol–water partition coefficient (Wildman–Crippen LogP) is 2.27. The molecule has 3 N–H and O–H groups in total. The van der Waals surface area contributed by atoms with E-state index in [4.69, 9.17) is 9.88 Å². The fourth-order valence-electron chi connectivity index (χ4n) is 3.15. The van der Waals surface area contributed by atoms with Crippen LogP contribution in [-0.4, -0.2) is 31.0 Å². The average molecular weight is 405 g/mol. The maximum absolute atomic E-state index is 12.5. The number of ether oxygens (including phenoxy) is 1. The molecule has 8 nitrogen and oxygen atoms in total. The van der Waals surface area contributed by atoms with Crippen LogP contribution >= 0.6 is 0 Å². The summed E-state index contributed by atoms with van der Waals surface area (Å²) in [5.74, 6) is -1.14. The number of anilines is 1. The van der Waals surface area contributed by atoms with E-state index in [9.17, 15) is 18.0 Å². The summed E-state index contributed by atoms with van der Waals surface area (Å²) in [6.07, 6.45) is 1.14. The number of primary sulfonamides is 1. The van der Waals surface area contributed by atoms with Gasteiger partial charge in [-0.1, -0.05) is 6.07 Å². The summed E-state index contributed by atoms with van der Waals surface area (Å²) in [7, 11) is -3.88. The summed E-state index contributed by atoms with van der Waals surface area (Å²) in [5.41, 5.74) is 2.51. The van der Waals surface area contributed by atoms with Crippen LogP contribution in [0.2, 0.25) is 0 Å². The minimum Gasteiger partial charge on any atom is -0.449 e. The zero-order chi connectivity index (χ0) is 20.6. The molecule has 1 amide bonds. The molecular weight excluding hydrogens is 382 g/mol. The Balaban J connectivity index is 1.68. The molecule has 2 aromatic rings. The third-order valence-corrected chi connectivity index (χ3v) is 5.61. The van der Waals surface area contributed by atoms with Gasteiger partial charge in [-0.3, -0.25) is 4.79 Å². The lowest BCUT2D eigenvalue weighted by molar-refractivity contribution is -0.123. The molecule has 0 radical (unpaired) electrons. The number of nitrogens with one attached hydrogen (secondary N) is 1. The molecule has 0 aliphatic heterocycles. The molecule has 3 rings (SSSR count). The first-order valence-corrected chi connectivity index (χ1v) is 10.5. The number of hydrogen-bond donors (Lipinski definition) is 2. The minimum absolute atomic E-state index is 0.123. The van der Waals surface area contributed by atoms with Gasteiger partial charge in [0.25, 0.3) is 5.91 Å². The van der Waals surface area contributed by atoms with Crippen molar-refractivity contribution in [2.75, 3.05) is 5.32 Å². The SMILES string of the molecule is Cc1cc(C(=O)O[C@@H](C)C(=O)Nc2cccc(S(N)(=O)=O)c2)c(C)n1C1CC1. The Bertz CT molecular complexity index is 1040. The number of rotatable bonds is 6. The third-order valence-electron chi connectivity index (χ3n) is 4.70. The average Bonchev–Trinajstić information content (AvgIpc) is 3.39. The van der Waals surface area contributed by atoms with Gasteiger partial charge in [-0.05, 0) is 57.9 Å². The Morgan fingerprint density at radius 1 is 1.25 bits per heavy atom. The Hall–Kier alpha value is -2.65. The summed E-state index contributed by atoms with van der Waals surface area (Å²) in [6.45, 7) is 5.26. The number of nitrogens with two attached hydrogens (primary N) is 1. The fourth-order valence-corrected chi connectivity index (χ4v) is 3.71. The molecule has 1 aliphatic rings. The second kappa shape index (κ2) is 7.40. The van der Waals surface area contributed by atoms with E-state index in [0.29, 0.717) is 11.6 Å². The first-order chi connectivity index (χ1) is 13.1. The Morgan fingerprint density at radius 3 is 2.54 bits per heavy atom. The molecule has 1 aliphatic carbocycles. The fraction of sp³-hybridized carbons (Fsp3) is 0.368. The summed E-state index contributed by atoms with van der Waals surface area (Å²) in [4.78, 5) is 24.7. The lowest BCUT2D eigenvalue weighted by Crippen LogP contribution is -2.30. The number of nitrogens with zero attached hydrogens (tertiary/aromatic N) is 1. The zero-order valence-corrected chi connectivity index (χ0v) is 16.7. The summed E-state index contributed by atoms with van der Waals surface area (Å²) >= 11 is 0. The van der Waals surface area contributed by atoms with Gasteiger partial charge in [0.2, 0.25) is 10.0 Å². The van der Waals surface area contributed by atoms with Crippen molar-refractivity contribution < 1.29 is 22.7 Å². The molecule has 1 fully saturated rings. The predicted molar refractivity (Wildman–Crippen MR) is 103 cm³/mol. The summed E-state index contributed by atoms with van der Waals surface area (Å²) in [6, 6.07) is 7.75. The van der Waals surface area contributed by atoms with E-state index in [-0.39, 0.29) is 10.6 Å². The highest BCUT2D eigenvalue weighted by Gasteiger charge is 2.29. The van der Waals surface area contributed by atoms with E-state index in [2.05, 4.69) is 9.88 Å². The number of amides is 1. The second-order valence-electron chi connectivity index (χ2n) is 7.00. The molecule has 1 aromatic carbocycles. The van der Waals surface area contributed by atoms with Crippen LogP contribution in [-0.2, 0) is 19.6 Å². The normalized spacial score (nSPS) is 15.1. The van der Waals surface area contributed by atoms with E-state index < -0.39 is 28.0 Å². The molecule has 0 unspecified atom stereocenters. The van der Waals surface area contributed by atoms with Crippen molar-refractivity contribution >= 4 is 27.6 Å². The largest absolute Gasteiger partial charge is 0.449 e. The topological polar surface area (TPSA) is 120 Å². The summed E-state index contributed by atoms with van der Waals surface area (Å²) in [5, 5.41) is 7.62. The Labute approximate surface area is 163 Å². The van der Waals surface area contributed by atoms with Crippen LogP contribution in [0.15, 0.2) is 35.2 Å². The number of hydrogen-bond acceptors (Lipinski definition) is 5. The first-order valence-electron chi connectivity index (χ1n) is 8.91. The smallest absolute Gasteiger partial charge is 0.340 e. The van der Waals surface area contributed by atoms with E-state index in [1.807, 2.05) is 13.8 Å². The van der Waals surface area contributed by atoms with Crippen molar-refractivity contribution in [1.29, 1.82) is 0 Å². The molecule has 1 aromatic heterocycles. The highest BCUT2D eigenvalue weighted by atomic mass is 32.2. The van der Waals surface area contributed by atoms with Gasteiger partial charge in [-0.15, -0.1) is 0 Å². The number of carbonyl (C=O) groups excluding carboxylic acids is 2. The van der Waals surface area contributed by atoms with Gasteiger partial charge in [0.15, 0.2) is 6.10 Å². The van der Waals surface area contributed by atoms with Crippen molar-refractivity contribution in [2.24, 2.45) is 5.14 Å². The van der Waals surface area contributed by atoms with E-state index >= 15 is 0 Å². The van der Waals surface area contributed by atoms with Crippen LogP contribution < -0.4 is 10.5 Å². The van der Waals surface area contributed by atoms with Crippen LogP contribution in [0.4, 0.5) is 5.69 Å². The lowest BCUT2D eigenvalue weighted by atomic mass is 10.2. The molecular formula is C19H23N3O5S. The molecule has 1 atom stereocenters. The van der Waals surface area contributed by atoms with Gasteiger partial charge in [-0.2, -0.15) is 0 Å². The monoisotopic (exact) mass is 405 g/mol. The van der Waals surface area contributed by atoms with Gasteiger partial charge >= 0.3 is 5.97 Å². The maximum Gasteiger partial charge on any atom is 0.340 e. The van der Waals surface area contributed by atoms with Crippen LogP contribution in [0, 0.1) is 13.8 Å². The van der Waals surface area contributed by atoms with Crippen LogP contribution in [0.3, 0.4) is 0 Å².